The van der Waals surface area contributed by atoms with Crippen molar-refractivity contribution in [2.75, 3.05) is 13.1 Å². The van der Waals surface area contributed by atoms with Gasteiger partial charge in [-0.1, -0.05) is 37.8 Å². The van der Waals surface area contributed by atoms with Crippen LogP contribution in [0.25, 0.3) is 0 Å². The summed E-state index contributed by atoms with van der Waals surface area (Å²) >= 11 is 0. The van der Waals surface area contributed by atoms with E-state index in [9.17, 15) is 0 Å². The van der Waals surface area contributed by atoms with E-state index >= 15 is 0 Å². The summed E-state index contributed by atoms with van der Waals surface area (Å²) in [6.45, 7) is 6.23. The zero-order valence-electron chi connectivity index (χ0n) is 12.5. The fourth-order valence-corrected chi connectivity index (χ4v) is 4.14. The van der Waals surface area contributed by atoms with Gasteiger partial charge in [0.1, 0.15) is 0 Å². The number of aliphatic imine (C=N–C) groups is 1. The Labute approximate surface area is 122 Å². The van der Waals surface area contributed by atoms with Gasteiger partial charge in [-0.2, -0.15) is 0 Å². The average molecular weight is 270 g/mol. The van der Waals surface area contributed by atoms with Crippen molar-refractivity contribution in [1.82, 2.24) is 4.90 Å². The van der Waals surface area contributed by atoms with Gasteiger partial charge in [0.05, 0.1) is 5.69 Å². The molecular weight excluding hydrogens is 244 g/mol. The van der Waals surface area contributed by atoms with E-state index < -0.39 is 0 Å². The monoisotopic (exact) mass is 270 g/mol. The number of piperidine rings is 1. The molecule has 0 N–H and O–H groups in total. The molecule has 0 spiro atoms. The van der Waals surface area contributed by atoms with Crippen LogP contribution >= 0.6 is 0 Å². The zero-order chi connectivity index (χ0) is 13.8. The van der Waals surface area contributed by atoms with E-state index in [1.165, 1.54) is 70.0 Å². The minimum atomic E-state index is 0.277. The van der Waals surface area contributed by atoms with Crippen LogP contribution in [-0.4, -0.2) is 24.7 Å². The first-order valence-corrected chi connectivity index (χ1v) is 8.17. The van der Waals surface area contributed by atoms with Gasteiger partial charge in [-0.15, -0.1) is 0 Å². The Hall–Kier alpha value is -1.15. The molecule has 0 radical (unpaired) electrons. The number of nitrogens with zero attached hydrogens (tertiary/aromatic N) is 2. The molecule has 0 atom stereocenters. The fraction of sp³-hybridized carbons (Fsp3) is 0.611. The third-order valence-electron chi connectivity index (χ3n) is 5.21. The van der Waals surface area contributed by atoms with Gasteiger partial charge >= 0.3 is 0 Å². The van der Waals surface area contributed by atoms with E-state index in [4.69, 9.17) is 0 Å². The third kappa shape index (κ3) is 2.54. The van der Waals surface area contributed by atoms with Crippen molar-refractivity contribution in [2.24, 2.45) is 4.99 Å². The molecule has 1 aromatic rings. The number of rotatable bonds is 3. The molecule has 1 saturated heterocycles. The smallest absolute Gasteiger partial charge is 0.0625 e. The highest BCUT2D eigenvalue weighted by atomic mass is 15.2. The first kappa shape index (κ1) is 13.8. The van der Waals surface area contributed by atoms with Crippen LogP contribution in [0.3, 0.4) is 0 Å². The highest BCUT2D eigenvalue weighted by Crippen LogP contribution is 2.44. The standard InChI is InChI=1S/C18H26N2/c1-19-17-10-8-9-16(15-17)18(11-4-2-5-12-18)20-13-6-3-7-14-20/h8-10,15H,1-7,11-14H2. The highest BCUT2D eigenvalue weighted by molar-refractivity contribution is 5.48. The lowest BCUT2D eigenvalue weighted by molar-refractivity contribution is 0.0304. The van der Waals surface area contributed by atoms with Gasteiger partial charge in [-0.05, 0) is 63.2 Å². The Bertz CT molecular complexity index is 454. The largest absolute Gasteiger partial charge is 0.294 e. The van der Waals surface area contributed by atoms with Crippen molar-refractivity contribution in [1.29, 1.82) is 0 Å². The molecule has 0 amide bonds. The molecule has 1 aliphatic carbocycles. The molecule has 2 nitrogen and oxygen atoms in total. The van der Waals surface area contributed by atoms with Crippen molar-refractivity contribution in [3.05, 3.63) is 29.8 Å². The quantitative estimate of drug-likeness (QED) is 0.729. The van der Waals surface area contributed by atoms with Gasteiger partial charge in [0.25, 0.3) is 0 Å². The Morgan fingerprint density at radius 2 is 1.65 bits per heavy atom. The van der Waals surface area contributed by atoms with Gasteiger partial charge in [0.2, 0.25) is 0 Å². The van der Waals surface area contributed by atoms with Gasteiger partial charge in [0, 0.05) is 5.54 Å². The van der Waals surface area contributed by atoms with Crippen molar-refractivity contribution >= 4 is 12.4 Å². The van der Waals surface area contributed by atoms with Crippen LogP contribution < -0.4 is 0 Å². The van der Waals surface area contributed by atoms with E-state index in [-0.39, 0.29) is 5.54 Å². The summed E-state index contributed by atoms with van der Waals surface area (Å²) in [6, 6.07) is 8.80. The Morgan fingerprint density at radius 1 is 0.950 bits per heavy atom. The van der Waals surface area contributed by atoms with Gasteiger partial charge in [-0.25, -0.2) is 0 Å². The highest BCUT2D eigenvalue weighted by Gasteiger charge is 2.39. The van der Waals surface area contributed by atoms with Crippen molar-refractivity contribution in [3.63, 3.8) is 0 Å². The number of benzene rings is 1. The predicted molar refractivity (Wildman–Crippen MR) is 85.8 cm³/mol. The summed E-state index contributed by atoms with van der Waals surface area (Å²) in [4.78, 5) is 6.91. The predicted octanol–water partition coefficient (Wildman–Crippen LogP) is 4.66. The molecule has 20 heavy (non-hydrogen) atoms. The topological polar surface area (TPSA) is 15.6 Å². The Kier molecular flexibility index (Phi) is 4.21. The van der Waals surface area contributed by atoms with E-state index in [0.29, 0.717) is 0 Å². The second kappa shape index (κ2) is 6.09. The first-order chi connectivity index (χ1) is 9.85. The number of hydrogen-bond acceptors (Lipinski definition) is 2. The maximum absolute atomic E-state index is 4.13. The van der Waals surface area contributed by atoms with Gasteiger partial charge in [0.15, 0.2) is 0 Å². The van der Waals surface area contributed by atoms with E-state index in [1.807, 2.05) is 0 Å². The molecule has 3 rings (SSSR count). The lowest BCUT2D eigenvalue weighted by Gasteiger charge is -2.48. The third-order valence-corrected chi connectivity index (χ3v) is 5.21. The maximum Gasteiger partial charge on any atom is 0.0625 e. The molecule has 2 aliphatic rings. The summed E-state index contributed by atoms with van der Waals surface area (Å²) < 4.78 is 0. The summed E-state index contributed by atoms with van der Waals surface area (Å²) in [5.74, 6) is 0. The van der Waals surface area contributed by atoms with Crippen LogP contribution in [0.1, 0.15) is 56.9 Å². The van der Waals surface area contributed by atoms with Gasteiger partial charge < -0.3 is 0 Å². The van der Waals surface area contributed by atoms with E-state index in [1.54, 1.807) is 0 Å². The normalized spacial score (nSPS) is 23.4. The zero-order valence-corrected chi connectivity index (χ0v) is 12.5. The van der Waals surface area contributed by atoms with Crippen molar-refractivity contribution in [3.8, 4) is 0 Å². The molecule has 0 unspecified atom stereocenters. The second-order valence-electron chi connectivity index (χ2n) is 6.35. The SMILES string of the molecule is C=Nc1cccc(C2(N3CCCCC3)CCCCC2)c1. The van der Waals surface area contributed by atoms with Crippen LogP contribution in [-0.2, 0) is 5.54 Å². The molecule has 0 bridgehead atoms. The second-order valence-corrected chi connectivity index (χ2v) is 6.35. The number of likely N-dealkylation sites (tertiary alicyclic amines) is 1. The van der Waals surface area contributed by atoms with Crippen LogP contribution in [0.2, 0.25) is 0 Å². The lowest BCUT2D eigenvalue weighted by Crippen LogP contribution is -2.49. The van der Waals surface area contributed by atoms with E-state index in [2.05, 4.69) is 40.9 Å². The maximum atomic E-state index is 4.13. The van der Waals surface area contributed by atoms with Crippen molar-refractivity contribution in [2.45, 2.75) is 56.9 Å². The summed E-state index contributed by atoms with van der Waals surface area (Å²) in [6.07, 6.45) is 10.9. The summed E-state index contributed by atoms with van der Waals surface area (Å²) in [7, 11) is 0. The fourth-order valence-electron chi connectivity index (χ4n) is 4.14. The van der Waals surface area contributed by atoms with Gasteiger partial charge in [-0.3, -0.25) is 9.89 Å². The minimum absolute atomic E-state index is 0.277. The van der Waals surface area contributed by atoms with Crippen LogP contribution in [0, 0.1) is 0 Å². The molecule has 1 aliphatic heterocycles. The number of hydrogen-bond donors (Lipinski definition) is 0. The van der Waals surface area contributed by atoms with E-state index in [0.717, 1.165) is 5.69 Å². The molecule has 1 aromatic carbocycles. The Balaban J connectivity index is 1.97. The van der Waals surface area contributed by atoms with Crippen molar-refractivity contribution < 1.29 is 0 Å². The Morgan fingerprint density at radius 3 is 2.35 bits per heavy atom. The lowest BCUT2D eigenvalue weighted by atomic mass is 9.74. The van der Waals surface area contributed by atoms with Crippen LogP contribution in [0.4, 0.5) is 5.69 Å². The first-order valence-electron chi connectivity index (χ1n) is 8.17. The average Bonchev–Trinajstić information content (AvgIpc) is 2.56. The summed E-state index contributed by atoms with van der Waals surface area (Å²) in [5, 5.41) is 0. The van der Waals surface area contributed by atoms with Crippen LogP contribution in [0.5, 0.6) is 0 Å². The molecule has 2 heteroatoms. The molecule has 108 valence electrons. The summed E-state index contributed by atoms with van der Waals surface area (Å²) in [5.41, 5.74) is 2.77. The minimum Gasteiger partial charge on any atom is -0.294 e. The molecule has 1 saturated carbocycles. The molecule has 2 fully saturated rings. The molecule has 1 heterocycles. The molecule has 0 aromatic heterocycles. The molecular formula is C18H26N2. The van der Waals surface area contributed by atoms with Crippen LogP contribution in [0.15, 0.2) is 29.3 Å².